The second kappa shape index (κ2) is 7.09. The van der Waals surface area contributed by atoms with Crippen molar-refractivity contribution in [1.29, 1.82) is 0 Å². The quantitative estimate of drug-likeness (QED) is 0.882. The molecule has 1 amide bonds. The van der Waals surface area contributed by atoms with Crippen LogP contribution in [0.4, 0.5) is 0 Å². The van der Waals surface area contributed by atoms with Crippen molar-refractivity contribution >= 4 is 11.9 Å². The molecule has 1 saturated carbocycles. The van der Waals surface area contributed by atoms with Gasteiger partial charge in [-0.3, -0.25) is 4.79 Å². The van der Waals surface area contributed by atoms with Gasteiger partial charge in [0.05, 0.1) is 5.56 Å². The van der Waals surface area contributed by atoms with Crippen molar-refractivity contribution in [2.24, 2.45) is 0 Å². The fourth-order valence-electron chi connectivity index (χ4n) is 2.83. The van der Waals surface area contributed by atoms with Crippen LogP contribution in [-0.2, 0) is 4.74 Å². The van der Waals surface area contributed by atoms with E-state index in [2.05, 4.69) is 5.32 Å². The molecule has 1 aliphatic carbocycles. The highest BCUT2D eigenvalue weighted by Gasteiger charge is 2.29. The van der Waals surface area contributed by atoms with Crippen molar-refractivity contribution in [1.82, 2.24) is 5.32 Å². The first-order chi connectivity index (χ1) is 11.2. The van der Waals surface area contributed by atoms with E-state index in [0.29, 0.717) is 17.5 Å². The number of amides is 1. The summed E-state index contributed by atoms with van der Waals surface area (Å²) in [5.41, 5.74) is 1.21. The van der Waals surface area contributed by atoms with Gasteiger partial charge in [0, 0.05) is 18.0 Å². The van der Waals surface area contributed by atoms with E-state index >= 15 is 0 Å². The predicted octanol–water partition coefficient (Wildman–Crippen LogP) is 3.19. The lowest BCUT2D eigenvalue weighted by molar-refractivity contribution is 0.0313. The maximum atomic E-state index is 12.1. The third-order valence-electron chi connectivity index (χ3n) is 4.04. The lowest BCUT2D eigenvalue weighted by Crippen LogP contribution is -2.33. The Kier molecular flexibility index (Phi) is 4.71. The molecule has 0 aliphatic heterocycles. The number of benzene rings is 2. The smallest absolute Gasteiger partial charge is 0.338 e. The van der Waals surface area contributed by atoms with Crippen LogP contribution in [0.3, 0.4) is 0 Å². The second-order valence-electron chi connectivity index (χ2n) is 5.74. The van der Waals surface area contributed by atoms with Gasteiger partial charge in [-0.05, 0) is 37.1 Å². The fraction of sp³-hybridized carbons (Fsp3) is 0.263. The summed E-state index contributed by atoms with van der Waals surface area (Å²) in [6.07, 6.45) is 2.13. The van der Waals surface area contributed by atoms with Gasteiger partial charge in [-0.25, -0.2) is 4.79 Å². The number of carbonyl (C=O) groups is 2. The summed E-state index contributed by atoms with van der Waals surface area (Å²) in [7, 11) is 0. The fourth-order valence-corrected chi connectivity index (χ4v) is 2.83. The summed E-state index contributed by atoms with van der Waals surface area (Å²) in [6.45, 7) is 0. The Hall–Kier alpha value is -2.62. The Morgan fingerprint density at radius 1 is 0.870 bits per heavy atom. The van der Waals surface area contributed by atoms with E-state index < -0.39 is 0 Å². The van der Waals surface area contributed by atoms with E-state index in [1.165, 1.54) is 0 Å². The minimum atomic E-state index is -0.300. The molecule has 0 aromatic heterocycles. The first kappa shape index (κ1) is 15.3. The van der Waals surface area contributed by atoms with Crippen LogP contribution in [0.2, 0.25) is 0 Å². The molecule has 4 nitrogen and oxygen atoms in total. The zero-order chi connectivity index (χ0) is 16.1. The van der Waals surface area contributed by atoms with Crippen molar-refractivity contribution in [3.63, 3.8) is 0 Å². The molecule has 0 heterocycles. The van der Waals surface area contributed by atoms with E-state index in [4.69, 9.17) is 4.74 Å². The molecule has 4 heteroatoms. The molecular weight excluding hydrogens is 290 g/mol. The van der Waals surface area contributed by atoms with Crippen LogP contribution in [0.1, 0.15) is 40.0 Å². The predicted molar refractivity (Wildman–Crippen MR) is 87.2 cm³/mol. The molecular formula is C19H19NO3. The Labute approximate surface area is 135 Å². The normalized spacial score (nSPS) is 20.0. The molecule has 3 rings (SSSR count). The average molecular weight is 309 g/mol. The van der Waals surface area contributed by atoms with E-state index in [1.54, 1.807) is 24.3 Å². The number of carbonyl (C=O) groups excluding carboxylic acids is 2. The molecule has 118 valence electrons. The van der Waals surface area contributed by atoms with Gasteiger partial charge >= 0.3 is 5.97 Å². The van der Waals surface area contributed by atoms with Crippen molar-refractivity contribution in [3.8, 4) is 0 Å². The molecule has 2 aromatic carbocycles. The highest BCUT2D eigenvalue weighted by atomic mass is 16.5. The lowest BCUT2D eigenvalue weighted by Gasteiger charge is -2.14. The van der Waals surface area contributed by atoms with E-state index in [0.717, 1.165) is 12.8 Å². The SMILES string of the molecule is O=C(NC1CCC(OC(=O)c2ccccc2)C1)c1ccccc1. The van der Waals surface area contributed by atoms with E-state index in [1.807, 2.05) is 36.4 Å². The minimum Gasteiger partial charge on any atom is -0.459 e. The largest absolute Gasteiger partial charge is 0.459 e. The standard InChI is InChI=1S/C19H19NO3/c21-18(14-7-3-1-4-8-14)20-16-11-12-17(13-16)23-19(22)15-9-5-2-6-10-15/h1-10,16-17H,11-13H2,(H,20,21). The van der Waals surface area contributed by atoms with Crippen LogP contribution in [0.5, 0.6) is 0 Å². The number of nitrogens with one attached hydrogen (secondary N) is 1. The van der Waals surface area contributed by atoms with Crippen LogP contribution >= 0.6 is 0 Å². The van der Waals surface area contributed by atoms with E-state index in [-0.39, 0.29) is 24.0 Å². The van der Waals surface area contributed by atoms with Crippen molar-refractivity contribution in [2.75, 3.05) is 0 Å². The van der Waals surface area contributed by atoms with Crippen LogP contribution in [0, 0.1) is 0 Å². The molecule has 2 unspecified atom stereocenters. The van der Waals surface area contributed by atoms with Gasteiger partial charge in [0.2, 0.25) is 0 Å². The topological polar surface area (TPSA) is 55.4 Å². The van der Waals surface area contributed by atoms with Crippen molar-refractivity contribution in [3.05, 3.63) is 71.8 Å². The third-order valence-corrected chi connectivity index (χ3v) is 4.04. The summed E-state index contributed by atoms with van der Waals surface area (Å²) in [6, 6.07) is 18.2. The molecule has 0 bridgehead atoms. The lowest BCUT2D eigenvalue weighted by atomic mass is 10.2. The molecule has 1 aliphatic rings. The maximum absolute atomic E-state index is 12.1. The number of rotatable bonds is 4. The first-order valence-corrected chi connectivity index (χ1v) is 7.84. The van der Waals surface area contributed by atoms with Crippen molar-refractivity contribution < 1.29 is 14.3 Å². The summed E-state index contributed by atoms with van der Waals surface area (Å²) >= 11 is 0. The monoisotopic (exact) mass is 309 g/mol. The molecule has 1 N–H and O–H groups in total. The molecule has 23 heavy (non-hydrogen) atoms. The molecule has 2 aromatic rings. The van der Waals surface area contributed by atoms with Gasteiger partial charge in [0.25, 0.3) is 5.91 Å². The zero-order valence-electron chi connectivity index (χ0n) is 12.8. The average Bonchev–Trinajstić information content (AvgIpc) is 3.03. The van der Waals surface area contributed by atoms with Gasteiger partial charge in [0.15, 0.2) is 0 Å². The Morgan fingerprint density at radius 3 is 2.13 bits per heavy atom. The number of esters is 1. The molecule has 2 atom stereocenters. The van der Waals surface area contributed by atoms with Gasteiger partial charge in [-0.2, -0.15) is 0 Å². The minimum absolute atomic E-state index is 0.0521. The Balaban J connectivity index is 1.51. The second-order valence-corrected chi connectivity index (χ2v) is 5.74. The van der Waals surface area contributed by atoms with Crippen LogP contribution < -0.4 is 5.32 Å². The maximum Gasteiger partial charge on any atom is 0.338 e. The van der Waals surface area contributed by atoms with Crippen LogP contribution in [0.25, 0.3) is 0 Å². The summed E-state index contributed by atoms with van der Waals surface area (Å²) in [5.74, 6) is -0.378. The van der Waals surface area contributed by atoms with Crippen LogP contribution in [0.15, 0.2) is 60.7 Å². The summed E-state index contributed by atoms with van der Waals surface area (Å²) in [4.78, 5) is 24.2. The van der Waals surface area contributed by atoms with Crippen molar-refractivity contribution in [2.45, 2.75) is 31.4 Å². The van der Waals surface area contributed by atoms with Crippen LogP contribution in [-0.4, -0.2) is 24.0 Å². The summed E-state index contributed by atoms with van der Waals surface area (Å²) < 4.78 is 5.52. The molecule has 1 fully saturated rings. The van der Waals surface area contributed by atoms with Gasteiger partial charge in [-0.1, -0.05) is 36.4 Å². The highest BCUT2D eigenvalue weighted by molar-refractivity contribution is 5.94. The van der Waals surface area contributed by atoms with Gasteiger partial charge in [-0.15, -0.1) is 0 Å². The molecule has 0 radical (unpaired) electrons. The Morgan fingerprint density at radius 2 is 1.48 bits per heavy atom. The molecule has 0 spiro atoms. The van der Waals surface area contributed by atoms with E-state index in [9.17, 15) is 9.59 Å². The Bertz CT molecular complexity index is 610. The number of ether oxygens (including phenoxy) is 1. The summed E-state index contributed by atoms with van der Waals surface area (Å²) in [5, 5.41) is 3.01. The van der Waals surface area contributed by atoms with Gasteiger partial charge in [0.1, 0.15) is 6.10 Å². The van der Waals surface area contributed by atoms with Gasteiger partial charge < -0.3 is 10.1 Å². The molecule has 0 saturated heterocycles. The zero-order valence-corrected chi connectivity index (χ0v) is 12.8. The third kappa shape index (κ3) is 3.97. The first-order valence-electron chi connectivity index (χ1n) is 7.84. The number of hydrogen-bond donors (Lipinski definition) is 1. The number of hydrogen-bond acceptors (Lipinski definition) is 3. The highest BCUT2D eigenvalue weighted by Crippen LogP contribution is 2.23.